The first-order valence-corrected chi connectivity index (χ1v) is 4.10. The molecule has 0 aliphatic carbocycles. The van der Waals surface area contributed by atoms with Gasteiger partial charge in [0.1, 0.15) is 5.75 Å². The van der Waals surface area contributed by atoms with Gasteiger partial charge in [-0.3, -0.25) is 4.98 Å². The fourth-order valence-electron chi connectivity index (χ4n) is 1.14. The van der Waals surface area contributed by atoms with Gasteiger partial charge in [-0.25, -0.2) is 0 Å². The molecular formula is C9H9N3O2. The SMILES string of the molecule is COc1cnccc1-c1noc(C)n1. The smallest absolute Gasteiger partial charge is 0.223 e. The van der Waals surface area contributed by atoms with Crippen molar-refractivity contribution in [2.75, 3.05) is 7.11 Å². The number of nitrogens with zero attached hydrogens (tertiary/aromatic N) is 3. The monoisotopic (exact) mass is 191 g/mol. The van der Waals surface area contributed by atoms with Crippen LogP contribution in [0.5, 0.6) is 5.75 Å². The molecule has 0 aliphatic heterocycles. The number of ether oxygens (including phenoxy) is 1. The van der Waals surface area contributed by atoms with Crippen LogP contribution in [0.15, 0.2) is 23.0 Å². The molecule has 0 saturated heterocycles. The third kappa shape index (κ3) is 1.44. The van der Waals surface area contributed by atoms with Crippen molar-refractivity contribution in [3.63, 3.8) is 0 Å². The highest BCUT2D eigenvalue weighted by molar-refractivity contribution is 5.62. The average Bonchev–Trinajstić information content (AvgIpc) is 2.65. The summed E-state index contributed by atoms with van der Waals surface area (Å²) in [6, 6.07) is 1.78. The second-order valence-corrected chi connectivity index (χ2v) is 2.71. The summed E-state index contributed by atoms with van der Waals surface area (Å²) in [4.78, 5) is 8.04. The van der Waals surface area contributed by atoms with E-state index in [-0.39, 0.29) is 0 Å². The predicted octanol–water partition coefficient (Wildman–Crippen LogP) is 1.45. The molecule has 2 rings (SSSR count). The maximum Gasteiger partial charge on any atom is 0.223 e. The number of rotatable bonds is 2. The third-order valence-electron chi connectivity index (χ3n) is 1.77. The second kappa shape index (κ2) is 3.45. The van der Waals surface area contributed by atoms with E-state index in [0.29, 0.717) is 17.5 Å². The van der Waals surface area contributed by atoms with Crippen molar-refractivity contribution in [1.82, 2.24) is 15.1 Å². The maximum absolute atomic E-state index is 5.12. The normalized spacial score (nSPS) is 10.1. The first kappa shape index (κ1) is 8.68. The Morgan fingerprint density at radius 3 is 2.93 bits per heavy atom. The molecule has 0 amide bonds. The number of hydrogen-bond donors (Lipinski definition) is 0. The van der Waals surface area contributed by atoms with Crippen LogP contribution < -0.4 is 4.74 Å². The number of pyridine rings is 1. The number of methoxy groups -OCH3 is 1. The van der Waals surface area contributed by atoms with Gasteiger partial charge in [0.2, 0.25) is 11.7 Å². The summed E-state index contributed by atoms with van der Waals surface area (Å²) < 4.78 is 10.0. The van der Waals surface area contributed by atoms with E-state index in [4.69, 9.17) is 9.26 Å². The Kier molecular flexibility index (Phi) is 2.14. The summed E-state index contributed by atoms with van der Waals surface area (Å²) in [5.74, 6) is 1.67. The van der Waals surface area contributed by atoms with Crippen molar-refractivity contribution in [3.8, 4) is 17.1 Å². The largest absolute Gasteiger partial charge is 0.494 e. The lowest BCUT2D eigenvalue weighted by Gasteiger charge is -2.02. The molecule has 0 atom stereocenters. The standard InChI is InChI=1S/C9H9N3O2/c1-6-11-9(12-14-6)7-3-4-10-5-8(7)13-2/h3-5H,1-2H3. The molecule has 5 nitrogen and oxygen atoms in total. The molecule has 0 bridgehead atoms. The Bertz CT molecular complexity index is 439. The molecule has 0 aliphatic rings. The lowest BCUT2D eigenvalue weighted by atomic mass is 10.2. The fraction of sp³-hybridized carbons (Fsp3) is 0.222. The van der Waals surface area contributed by atoms with Gasteiger partial charge in [0.15, 0.2) is 0 Å². The van der Waals surface area contributed by atoms with Crippen LogP contribution in [0.25, 0.3) is 11.4 Å². The topological polar surface area (TPSA) is 61.0 Å². The molecule has 5 heteroatoms. The molecule has 0 N–H and O–H groups in total. The summed E-state index contributed by atoms with van der Waals surface area (Å²) in [5.41, 5.74) is 0.777. The molecule has 72 valence electrons. The van der Waals surface area contributed by atoms with Crippen LogP contribution in [0.1, 0.15) is 5.89 Å². The van der Waals surface area contributed by atoms with Crippen LogP contribution in [0.4, 0.5) is 0 Å². The fourth-order valence-corrected chi connectivity index (χ4v) is 1.14. The van der Waals surface area contributed by atoms with E-state index in [2.05, 4.69) is 15.1 Å². The molecule has 0 unspecified atom stereocenters. The Balaban J connectivity index is 2.50. The summed E-state index contributed by atoms with van der Waals surface area (Å²) in [7, 11) is 1.58. The van der Waals surface area contributed by atoms with Gasteiger partial charge in [-0.15, -0.1) is 0 Å². The van der Waals surface area contributed by atoms with Gasteiger partial charge < -0.3 is 9.26 Å². The molecule has 0 aromatic carbocycles. The summed E-state index contributed by atoms with van der Waals surface area (Å²) in [6.07, 6.45) is 3.27. The van der Waals surface area contributed by atoms with Crippen molar-refractivity contribution in [1.29, 1.82) is 0 Å². The highest BCUT2D eigenvalue weighted by atomic mass is 16.5. The van der Waals surface area contributed by atoms with E-state index < -0.39 is 0 Å². The number of hydrogen-bond acceptors (Lipinski definition) is 5. The van der Waals surface area contributed by atoms with Gasteiger partial charge in [-0.1, -0.05) is 5.16 Å². The first-order valence-electron chi connectivity index (χ1n) is 4.10. The summed E-state index contributed by atoms with van der Waals surface area (Å²) in [5, 5.41) is 3.80. The Labute approximate surface area is 80.7 Å². The zero-order valence-electron chi connectivity index (χ0n) is 7.89. The molecule has 14 heavy (non-hydrogen) atoms. The van der Waals surface area contributed by atoms with E-state index in [0.717, 1.165) is 5.56 Å². The third-order valence-corrected chi connectivity index (χ3v) is 1.77. The minimum atomic E-state index is 0.516. The van der Waals surface area contributed by atoms with Gasteiger partial charge in [0.05, 0.1) is 18.9 Å². The number of aryl methyl sites for hydroxylation is 1. The predicted molar refractivity (Wildman–Crippen MR) is 48.8 cm³/mol. The number of aromatic nitrogens is 3. The molecule has 0 spiro atoms. The van der Waals surface area contributed by atoms with Crippen molar-refractivity contribution >= 4 is 0 Å². The van der Waals surface area contributed by atoms with E-state index in [1.54, 1.807) is 32.5 Å². The molecule has 2 heterocycles. The molecule has 0 saturated carbocycles. The van der Waals surface area contributed by atoms with Crippen molar-refractivity contribution < 1.29 is 9.26 Å². The Morgan fingerprint density at radius 2 is 2.29 bits per heavy atom. The summed E-state index contributed by atoms with van der Waals surface area (Å²) in [6.45, 7) is 1.74. The Morgan fingerprint density at radius 1 is 1.43 bits per heavy atom. The van der Waals surface area contributed by atoms with E-state index in [9.17, 15) is 0 Å². The van der Waals surface area contributed by atoms with E-state index >= 15 is 0 Å². The van der Waals surface area contributed by atoms with Crippen molar-refractivity contribution in [3.05, 3.63) is 24.4 Å². The Hall–Kier alpha value is -1.91. The van der Waals surface area contributed by atoms with E-state index in [1.165, 1.54) is 0 Å². The first-order chi connectivity index (χ1) is 6.81. The zero-order chi connectivity index (χ0) is 9.97. The van der Waals surface area contributed by atoms with Crippen molar-refractivity contribution in [2.24, 2.45) is 0 Å². The van der Waals surface area contributed by atoms with Crippen LogP contribution in [0.2, 0.25) is 0 Å². The molecule has 0 radical (unpaired) electrons. The van der Waals surface area contributed by atoms with Crippen LogP contribution in [-0.2, 0) is 0 Å². The molecule has 2 aromatic rings. The van der Waals surface area contributed by atoms with Crippen LogP contribution in [-0.4, -0.2) is 22.2 Å². The zero-order valence-corrected chi connectivity index (χ0v) is 7.89. The molecule has 0 fully saturated rings. The quantitative estimate of drug-likeness (QED) is 0.718. The minimum absolute atomic E-state index is 0.516. The average molecular weight is 191 g/mol. The van der Waals surface area contributed by atoms with Gasteiger partial charge >= 0.3 is 0 Å². The van der Waals surface area contributed by atoms with Gasteiger partial charge in [0, 0.05) is 13.1 Å². The minimum Gasteiger partial charge on any atom is -0.494 e. The highest BCUT2D eigenvalue weighted by Gasteiger charge is 2.10. The lowest BCUT2D eigenvalue weighted by Crippen LogP contribution is -1.90. The van der Waals surface area contributed by atoms with Crippen molar-refractivity contribution in [2.45, 2.75) is 6.92 Å². The van der Waals surface area contributed by atoms with Crippen LogP contribution >= 0.6 is 0 Å². The lowest BCUT2D eigenvalue weighted by molar-refractivity contribution is 0.392. The van der Waals surface area contributed by atoms with Crippen LogP contribution in [0, 0.1) is 6.92 Å². The van der Waals surface area contributed by atoms with Gasteiger partial charge in [-0.05, 0) is 6.07 Å². The summed E-state index contributed by atoms with van der Waals surface area (Å²) >= 11 is 0. The molecular weight excluding hydrogens is 182 g/mol. The van der Waals surface area contributed by atoms with Gasteiger partial charge in [0.25, 0.3) is 0 Å². The maximum atomic E-state index is 5.12. The van der Waals surface area contributed by atoms with Crippen LogP contribution in [0.3, 0.4) is 0 Å². The van der Waals surface area contributed by atoms with E-state index in [1.807, 2.05) is 0 Å². The highest BCUT2D eigenvalue weighted by Crippen LogP contribution is 2.25. The van der Waals surface area contributed by atoms with Gasteiger partial charge in [-0.2, -0.15) is 4.98 Å². The second-order valence-electron chi connectivity index (χ2n) is 2.71. The molecule has 2 aromatic heterocycles.